The van der Waals surface area contributed by atoms with Crippen LogP contribution in [-0.2, 0) is 13.1 Å². The van der Waals surface area contributed by atoms with Crippen molar-refractivity contribution in [3.8, 4) is 0 Å². The highest BCUT2D eigenvalue weighted by Crippen LogP contribution is 2.25. The molecule has 0 saturated heterocycles. The molecule has 0 aliphatic rings. The summed E-state index contributed by atoms with van der Waals surface area (Å²) >= 11 is 3.58. The number of rotatable bonds is 10. The van der Waals surface area contributed by atoms with E-state index in [9.17, 15) is 0 Å². The van der Waals surface area contributed by atoms with Gasteiger partial charge >= 0.3 is 0 Å². The summed E-state index contributed by atoms with van der Waals surface area (Å²) < 4.78 is 1.11. The minimum absolute atomic E-state index is 0.383. The van der Waals surface area contributed by atoms with Crippen LogP contribution in [0.1, 0.15) is 24.5 Å². The van der Waals surface area contributed by atoms with Crippen LogP contribution in [0.3, 0.4) is 0 Å². The first-order chi connectivity index (χ1) is 16.2. The molecule has 33 heavy (non-hydrogen) atoms. The summed E-state index contributed by atoms with van der Waals surface area (Å²) in [4.78, 5) is 5.02. The molecule has 0 aliphatic heterocycles. The van der Waals surface area contributed by atoms with Gasteiger partial charge in [0.2, 0.25) is 0 Å². The Balaban J connectivity index is 1.52. The van der Waals surface area contributed by atoms with E-state index in [-0.39, 0.29) is 0 Å². The van der Waals surface area contributed by atoms with Crippen LogP contribution in [0.15, 0.2) is 120 Å². The van der Waals surface area contributed by atoms with Crippen molar-refractivity contribution in [1.82, 2.24) is 0 Å². The van der Waals surface area contributed by atoms with Gasteiger partial charge in [0.15, 0.2) is 0 Å². The minimum Gasteiger partial charge on any atom is -0.367 e. The van der Waals surface area contributed by atoms with Crippen molar-refractivity contribution >= 4 is 27.3 Å². The van der Waals surface area contributed by atoms with Gasteiger partial charge in [-0.2, -0.15) is 0 Å². The Labute approximate surface area is 206 Å². The normalized spacial score (nSPS) is 11.7. The third kappa shape index (κ3) is 6.72. The molecule has 0 saturated carbocycles. The van der Waals surface area contributed by atoms with Crippen molar-refractivity contribution < 1.29 is 0 Å². The molecule has 2 nitrogen and oxygen atoms in total. The van der Waals surface area contributed by atoms with E-state index in [1.165, 1.54) is 22.5 Å². The Hall–Kier alpha value is -3.04. The summed E-state index contributed by atoms with van der Waals surface area (Å²) in [5.74, 6) is 0. The largest absolute Gasteiger partial charge is 0.367 e. The average molecular weight is 499 g/mol. The molecule has 1 unspecified atom stereocenters. The second-order valence-electron chi connectivity index (χ2n) is 8.47. The van der Waals surface area contributed by atoms with Crippen LogP contribution in [-0.4, -0.2) is 12.6 Å². The van der Waals surface area contributed by atoms with Crippen molar-refractivity contribution in [2.75, 3.05) is 16.3 Å². The summed E-state index contributed by atoms with van der Waals surface area (Å²) in [5.41, 5.74) is 5.19. The molecule has 1 atom stereocenters. The highest BCUT2D eigenvalue weighted by molar-refractivity contribution is 9.10. The Morgan fingerprint density at radius 1 is 0.606 bits per heavy atom. The van der Waals surface area contributed by atoms with E-state index in [4.69, 9.17) is 0 Å². The summed E-state index contributed by atoms with van der Waals surface area (Å²) in [5, 5.41) is 0. The highest BCUT2D eigenvalue weighted by atomic mass is 79.9. The van der Waals surface area contributed by atoms with Crippen molar-refractivity contribution in [1.29, 1.82) is 0 Å². The third-order valence-corrected chi connectivity index (χ3v) is 6.57. The molecule has 0 aromatic heterocycles. The van der Waals surface area contributed by atoms with Gasteiger partial charge in [0.1, 0.15) is 0 Å². The van der Waals surface area contributed by atoms with E-state index in [0.717, 1.165) is 30.5 Å². The number of halogens is 1. The first-order valence-electron chi connectivity index (χ1n) is 11.6. The Morgan fingerprint density at radius 3 is 1.70 bits per heavy atom. The fourth-order valence-electron chi connectivity index (χ4n) is 4.15. The van der Waals surface area contributed by atoms with E-state index in [1.807, 2.05) is 0 Å². The topological polar surface area (TPSA) is 6.48 Å². The first kappa shape index (κ1) is 23.1. The van der Waals surface area contributed by atoms with Crippen molar-refractivity contribution in [2.24, 2.45) is 0 Å². The zero-order chi connectivity index (χ0) is 22.9. The number of anilines is 2. The first-order valence-corrected chi connectivity index (χ1v) is 12.4. The number of hydrogen-bond donors (Lipinski definition) is 0. The second kappa shape index (κ2) is 11.7. The van der Waals surface area contributed by atoms with Gasteiger partial charge in [0, 0.05) is 41.5 Å². The standard InChI is InChI=1S/C30H31BrN2/c1-25(33(24-27-13-7-3-8-14-27)30-19-17-28(31)18-20-30)21-22-32(29-15-9-4-10-16-29)23-26-11-5-2-6-12-26/h2-20,25H,21-24H2,1H3. The highest BCUT2D eigenvalue weighted by Gasteiger charge is 2.17. The van der Waals surface area contributed by atoms with Crippen molar-refractivity contribution in [2.45, 2.75) is 32.5 Å². The molecule has 0 amide bonds. The summed E-state index contributed by atoms with van der Waals surface area (Å²) in [6.45, 7) is 5.14. The monoisotopic (exact) mass is 498 g/mol. The SMILES string of the molecule is CC(CCN(Cc1ccccc1)c1ccccc1)N(Cc1ccccc1)c1ccc(Br)cc1. The van der Waals surface area contributed by atoms with Crippen LogP contribution < -0.4 is 9.80 Å². The minimum atomic E-state index is 0.383. The van der Waals surface area contributed by atoms with E-state index < -0.39 is 0 Å². The third-order valence-electron chi connectivity index (χ3n) is 6.04. The predicted octanol–water partition coefficient (Wildman–Crippen LogP) is 7.94. The van der Waals surface area contributed by atoms with E-state index in [1.54, 1.807) is 0 Å². The van der Waals surface area contributed by atoms with Crippen LogP contribution in [0.4, 0.5) is 11.4 Å². The zero-order valence-electron chi connectivity index (χ0n) is 19.1. The quantitative estimate of drug-likeness (QED) is 0.219. The molecule has 0 aliphatic carbocycles. The molecule has 0 N–H and O–H groups in total. The maximum Gasteiger partial charge on any atom is 0.0432 e. The molecule has 0 bridgehead atoms. The van der Waals surface area contributed by atoms with Crippen molar-refractivity contribution in [3.63, 3.8) is 0 Å². The van der Waals surface area contributed by atoms with Crippen molar-refractivity contribution in [3.05, 3.63) is 131 Å². The van der Waals surface area contributed by atoms with Gasteiger partial charge in [-0.3, -0.25) is 0 Å². The van der Waals surface area contributed by atoms with Gasteiger partial charge in [-0.05, 0) is 60.9 Å². The van der Waals surface area contributed by atoms with Gasteiger partial charge in [0.05, 0.1) is 0 Å². The maximum absolute atomic E-state index is 3.58. The summed E-state index contributed by atoms with van der Waals surface area (Å²) in [7, 11) is 0. The van der Waals surface area contributed by atoms with E-state index >= 15 is 0 Å². The molecule has 4 aromatic carbocycles. The average Bonchev–Trinajstić information content (AvgIpc) is 2.87. The van der Waals surface area contributed by atoms with E-state index in [2.05, 4.69) is 148 Å². The molecule has 4 aromatic rings. The number of nitrogens with zero attached hydrogens (tertiary/aromatic N) is 2. The van der Waals surface area contributed by atoms with Gasteiger partial charge in [-0.15, -0.1) is 0 Å². The lowest BCUT2D eigenvalue weighted by molar-refractivity contribution is 0.575. The number of benzene rings is 4. The molecule has 0 radical (unpaired) electrons. The summed E-state index contributed by atoms with van der Waals surface area (Å²) in [6, 6.07) is 41.3. The van der Waals surface area contributed by atoms with Gasteiger partial charge < -0.3 is 9.80 Å². The summed E-state index contributed by atoms with van der Waals surface area (Å²) in [6.07, 6.45) is 1.06. The lowest BCUT2D eigenvalue weighted by Crippen LogP contribution is -2.36. The fraction of sp³-hybridized carbons (Fsp3) is 0.200. The zero-order valence-corrected chi connectivity index (χ0v) is 20.7. The Kier molecular flexibility index (Phi) is 8.21. The number of para-hydroxylation sites is 1. The Bertz CT molecular complexity index is 1080. The van der Waals surface area contributed by atoms with Crippen LogP contribution in [0.25, 0.3) is 0 Å². The molecule has 0 heterocycles. The van der Waals surface area contributed by atoms with Gasteiger partial charge in [0.25, 0.3) is 0 Å². The number of hydrogen-bond acceptors (Lipinski definition) is 2. The molecule has 168 valence electrons. The Morgan fingerprint density at radius 2 is 1.12 bits per heavy atom. The van der Waals surface area contributed by atoms with E-state index in [0.29, 0.717) is 6.04 Å². The molecule has 3 heteroatoms. The maximum atomic E-state index is 3.58. The van der Waals surface area contributed by atoms with Crippen LogP contribution in [0, 0.1) is 0 Å². The predicted molar refractivity (Wildman–Crippen MR) is 145 cm³/mol. The fourth-order valence-corrected chi connectivity index (χ4v) is 4.42. The smallest absolute Gasteiger partial charge is 0.0432 e. The molecular weight excluding hydrogens is 468 g/mol. The van der Waals surface area contributed by atoms with Gasteiger partial charge in [-0.1, -0.05) is 94.8 Å². The lowest BCUT2D eigenvalue weighted by atomic mass is 10.1. The van der Waals surface area contributed by atoms with Crippen LogP contribution in [0.2, 0.25) is 0 Å². The van der Waals surface area contributed by atoms with Crippen LogP contribution >= 0.6 is 15.9 Å². The second-order valence-corrected chi connectivity index (χ2v) is 9.39. The van der Waals surface area contributed by atoms with Crippen LogP contribution in [0.5, 0.6) is 0 Å². The molecule has 4 rings (SSSR count). The molecular formula is C30H31BrN2. The molecule has 0 spiro atoms. The van der Waals surface area contributed by atoms with Gasteiger partial charge in [-0.25, -0.2) is 0 Å². The lowest BCUT2D eigenvalue weighted by Gasteiger charge is -2.34. The molecule has 0 fully saturated rings.